The first-order chi connectivity index (χ1) is 14.3. The minimum atomic E-state index is -3.92. The number of piperidine rings is 1. The van der Waals surface area contributed by atoms with Gasteiger partial charge in [-0.2, -0.15) is 5.10 Å². The van der Waals surface area contributed by atoms with Gasteiger partial charge in [-0.15, -0.1) is 0 Å². The van der Waals surface area contributed by atoms with Crippen molar-refractivity contribution in [1.29, 1.82) is 0 Å². The second-order valence-corrected chi connectivity index (χ2v) is 9.54. The van der Waals surface area contributed by atoms with Crippen molar-refractivity contribution in [3.8, 4) is 0 Å². The molecular weight excluding hydrogens is 400 g/mol. The largest absolute Gasteiger partial charge is 0.306 e. The van der Waals surface area contributed by atoms with Gasteiger partial charge in [-0.05, 0) is 50.7 Å². The van der Waals surface area contributed by atoms with Crippen molar-refractivity contribution in [2.24, 2.45) is 5.10 Å². The maximum Gasteiger partial charge on any atom is 0.264 e. The van der Waals surface area contributed by atoms with Crippen molar-refractivity contribution in [2.45, 2.75) is 31.6 Å². The van der Waals surface area contributed by atoms with Gasteiger partial charge in [0.2, 0.25) is 0 Å². The molecule has 0 aliphatic carbocycles. The van der Waals surface area contributed by atoms with Crippen molar-refractivity contribution in [3.63, 3.8) is 0 Å². The molecule has 160 valence electrons. The number of hydrazone groups is 1. The zero-order chi connectivity index (χ0) is 21.7. The highest BCUT2D eigenvalue weighted by atomic mass is 32.2. The number of benzene rings is 2. The summed E-state index contributed by atoms with van der Waals surface area (Å²) in [6.07, 6.45) is 1.58. The highest BCUT2D eigenvalue weighted by Crippen LogP contribution is 2.24. The van der Waals surface area contributed by atoms with Crippen molar-refractivity contribution < 1.29 is 13.2 Å². The zero-order valence-corrected chi connectivity index (χ0v) is 18.4. The fraction of sp³-hybridized carbons (Fsp3) is 0.364. The highest BCUT2D eigenvalue weighted by Gasteiger charge is 2.27. The zero-order valence-electron chi connectivity index (χ0n) is 17.6. The van der Waals surface area contributed by atoms with Crippen molar-refractivity contribution >= 4 is 27.3 Å². The number of aryl methyl sites for hydroxylation is 2. The Bertz CT molecular complexity index is 1020. The van der Waals surface area contributed by atoms with Crippen LogP contribution in [0.3, 0.4) is 0 Å². The lowest BCUT2D eigenvalue weighted by molar-refractivity contribution is -0.119. The molecule has 0 spiro atoms. The van der Waals surface area contributed by atoms with Crippen LogP contribution in [0, 0.1) is 13.8 Å². The minimum absolute atomic E-state index is 0.143. The third-order valence-electron chi connectivity index (χ3n) is 5.09. The van der Waals surface area contributed by atoms with Crippen molar-refractivity contribution in [3.05, 3.63) is 59.7 Å². The maximum atomic E-state index is 13.3. The fourth-order valence-electron chi connectivity index (χ4n) is 3.23. The predicted molar refractivity (Wildman–Crippen MR) is 119 cm³/mol. The number of hydrogen-bond acceptors (Lipinski definition) is 5. The summed E-state index contributed by atoms with van der Waals surface area (Å²) >= 11 is 0. The number of nitrogens with zero attached hydrogens (tertiary/aromatic N) is 3. The Labute approximate surface area is 178 Å². The van der Waals surface area contributed by atoms with Gasteiger partial charge < -0.3 is 4.90 Å². The number of likely N-dealkylation sites (tertiary alicyclic amines) is 1. The average Bonchev–Trinajstić information content (AvgIpc) is 2.72. The number of anilines is 1. The molecule has 8 heteroatoms. The standard InChI is InChI=1S/C22H28N4O3S/c1-17-7-9-21(10-8-17)30(28,29)26(20-6-4-5-18(2)15-20)16-22(27)24-23-19-11-13-25(3)14-12-19/h4-10,15H,11-14,16H2,1-3H3,(H,24,27). The average molecular weight is 429 g/mol. The Morgan fingerprint density at radius 3 is 2.37 bits per heavy atom. The molecule has 1 amide bonds. The highest BCUT2D eigenvalue weighted by molar-refractivity contribution is 7.92. The van der Waals surface area contributed by atoms with Gasteiger partial charge in [0.05, 0.1) is 10.6 Å². The molecule has 0 radical (unpaired) electrons. The summed E-state index contributed by atoms with van der Waals surface area (Å²) < 4.78 is 27.8. The molecule has 1 aliphatic rings. The Morgan fingerprint density at radius 2 is 1.73 bits per heavy atom. The summed E-state index contributed by atoms with van der Waals surface area (Å²) in [6.45, 7) is 5.21. The Kier molecular flexibility index (Phi) is 6.89. The molecule has 1 saturated heterocycles. The summed E-state index contributed by atoms with van der Waals surface area (Å²) in [4.78, 5) is 15.0. The van der Waals surface area contributed by atoms with E-state index in [1.807, 2.05) is 27.0 Å². The van der Waals surface area contributed by atoms with Crippen molar-refractivity contribution in [1.82, 2.24) is 10.3 Å². The molecule has 1 fully saturated rings. The molecule has 1 aliphatic heterocycles. The monoisotopic (exact) mass is 428 g/mol. The van der Waals surface area contributed by atoms with Crippen LogP contribution < -0.4 is 9.73 Å². The normalized spacial score (nSPS) is 15.0. The predicted octanol–water partition coefficient (Wildman–Crippen LogP) is 2.70. The van der Waals surface area contributed by atoms with E-state index >= 15 is 0 Å². The molecule has 1 heterocycles. The number of rotatable bonds is 6. The van der Waals surface area contributed by atoms with Gasteiger partial charge in [0.1, 0.15) is 6.54 Å². The first-order valence-corrected chi connectivity index (χ1v) is 11.4. The van der Waals surface area contributed by atoms with Gasteiger partial charge in [0.15, 0.2) is 0 Å². The van der Waals surface area contributed by atoms with E-state index < -0.39 is 15.9 Å². The van der Waals surface area contributed by atoms with Crippen LogP contribution in [0.2, 0.25) is 0 Å². The van der Waals surface area contributed by atoms with Gasteiger partial charge in [-0.1, -0.05) is 29.8 Å². The van der Waals surface area contributed by atoms with Crippen molar-refractivity contribution in [2.75, 3.05) is 31.0 Å². The summed E-state index contributed by atoms with van der Waals surface area (Å²) in [5.74, 6) is -0.473. The SMILES string of the molecule is Cc1ccc(S(=O)(=O)N(CC(=O)NN=C2CCN(C)CC2)c2cccc(C)c2)cc1. The summed E-state index contributed by atoms with van der Waals surface area (Å²) in [6, 6.07) is 13.7. The number of carbonyl (C=O) groups excluding carboxylic acids is 1. The Hall–Kier alpha value is -2.71. The van der Waals surface area contributed by atoms with Crippen LogP contribution in [0.15, 0.2) is 58.5 Å². The topological polar surface area (TPSA) is 82.1 Å². The second kappa shape index (κ2) is 9.40. The number of hydrogen-bond donors (Lipinski definition) is 1. The van der Waals surface area contributed by atoms with Gasteiger partial charge in [0, 0.05) is 31.6 Å². The van der Waals surface area contributed by atoms with Gasteiger partial charge >= 0.3 is 0 Å². The van der Waals surface area contributed by atoms with E-state index in [0.717, 1.165) is 47.1 Å². The summed E-state index contributed by atoms with van der Waals surface area (Å²) in [7, 11) is -1.87. The Balaban J connectivity index is 1.84. The lowest BCUT2D eigenvalue weighted by atomic mass is 10.1. The Morgan fingerprint density at radius 1 is 1.07 bits per heavy atom. The third-order valence-corrected chi connectivity index (χ3v) is 6.88. The molecule has 0 bridgehead atoms. The van der Waals surface area contributed by atoms with Gasteiger partial charge in [0.25, 0.3) is 15.9 Å². The molecule has 0 aromatic heterocycles. The molecule has 2 aromatic rings. The van der Waals surface area contributed by atoms with E-state index in [1.54, 1.807) is 42.5 Å². The van der Waals surface area contributed by atoms with E-state index in [0.29, 0.717) is 5.69 Å². The van der Waals surface area contributed by atoms with Crippen LogP contribution >= 0.6 is 0 Å². The smallest absolute Gasteiger partial charge is 0.264 e. The van der Waals surface area contributed by atoms with E-state index in [4.69, 9.17) is 0 Å². The van der Waals surface area contributed by atoms with E-state index in [1.165, 1.54) is 0 Å². The van der Waals surface area contributed by atoms with Gasteiger partial charge in [-0.3, -0.25) is 9.10 Å². The van der Waals surface area contributed by atoms with Crippen LogP contribution in [0.5, 0.6) is 0 Å². The molecule has 3 rings (SSSR count). The van der Waals surface area contributed by atoms with E-state index in [9.17, 15) is 13.2 Å². The second-order valence-electron chi connectivity index (χ2n) is 7.68. The molecular formula is C22H28N4O3S. The van der Waals surface area contributed by atoms with E-state index in [-0.39, 0.29) is 11.4 Å². The quantitative estimate of drug-likeness (QED) is 0.717. The first kappa shape index (κ1) is 22.0. The fourth-order valence-corrected chi connectivity index (χ4v) is 4.64. The van der Waals surface area contributed by atoms with Crippen LogP contribution in [0.4, 0.5) is 5.69 Å². The minimum Gasteiger partial charge on any atom is -0.306 e. The molecule has 0 unspecified atom stereocenters. The van der Waals surface area contributed by atoms with Crippen LogP contribution in [0.1, 0.15) is 24.0 Å². The van der Waals surface area contributed by atoms with E-state index in [2.05, 4.69) is 15.4 Å². The van der Waals surface area contributed by atoms with Crippen LogP contribution in [-0.2, 0) is 14.8 Å². The number of amides is 1. The lowest BCUT2D eigenvalue weighted by Gasteiger charge is -2.25. The van der Waals surface area contributed by atoms with Gasteiger partial charge in [-0.25, -0.2) is 13.8 Å². The number of sulfonamides is 1. The molecule has 30 heavy (non-hydrogen) atoms. The lowest BCUT2D eigenvalue weighted by Crippen LogP contribution is -2.40. The number of nitrogens with one attached hydrogen (secondary N) is 1. The summed E-state index contributed by atoms with van der Waals surface area (Å²) in [5, 5.41) is 4.22. The molecule has 0 saturated carbocycles. The first-order valence-electron chi connectivity index (χ1n) is 9.94. The molecule has 7 nitrogen and oxygen atoms in total. The summed E-state index contributed by atoms with van der Waals surface area (Å²) in [5.41, 5.74) is 5.77. The molecule has 0 atom stereocenters. The maximum absolute atomic E-state index is 13.3. The molecule has 1 N–H and O–H groups in total. The van der Waals surface area contributed by atoms with Crippen LogP contribution in [-0.4, -0.2) is 51.6 Å². The third kappa shape index (κ3) is 5.46. The van der Waals surface area contributed by atoms with Crippen LogP contribution in [0.25, 0.3) is 0 Å². The number of carbonyl (C=O) groups is 1. The molecule has 2 aromatic carbocycles.